The summed E-state index contributed by atoms with van der Waals surface area (Å²) in [6.45, 7) is -2.00. The predicted octanol–water partition coefficient (Wildman–Crippen LogP) is 3.84. The first kappa shape index (κ1) is 36.5. The van der Waals surface area contributed by atoms with Crippen molar-refractivity contribution < 1.29 is 74.0 Å². The van der Waals surface area contributed by atoms with E-state index >= 15 is 0 Å². The second-order valence-corrected chi connectivity index (χ2v) is 10.5. The second-order valence-electron chi connectivity index (χ2n) is 10.5. The van der Waals surface area contributed by atoms with E-state index in [4.69, 9.17) is 10.2 Å². The van der Waals surface area contributed by atoms with E-state index in [0.29, 0.717) is 12.1 Å². The summed E-state index contributed by atoms with van der Waals surface area (Å²) >= 11 is 0. The lowest BCUT2D eigenvalue weighted by molar-refractivity contribution is -0.263. The molecule has 4 rings (SSSR count). The van der Waals surface area contributed by atoms with Crippen molar-refractivity contribution in [3.63, 3.8) is 0 Å². The number of rotatable bonds is 10. The Labute approximate surface area is 266 Å². The van der Waals surface area contributed by atoms with E-state index in [1.165, 1.54) is 0 Å². The van der Waals surface area contributed by atoms with Gasteiger partial charge in [-0.2, -0.15) is 54.5 Å². The number of ether oxygens (including phenoxy) is 1. The van der Waals surface area contributed by atoms with Gasteiger partial charge >= 0.3 is 36.4 Å². The van der Waals surface area contributed by atoms with Crippen molar-refractivity contribution >= 4 is 35.5 Å². The molecule has 0 bridgehead atoms. The Hall–Kier alpha value is -5.35. The van der Waals surface area contributed by atoms with Gasteiger partial charge in [-0.05, 0) is 24.3 Å². The summed E-state index contributed by atoms with van der Waals surface area (Å²) in [5.74, 6) is -8.13. The van der Waals surface area contributed by atoms with Gasteiger partial charge in [0.2, 0.25) is 17.5 Å². The summed E-state index contributed by atoms with van der Waals surface area (Å²) < 4.78 is 128. The number of hydrogen-bond acceptors (Lipinski definition) is 12. The summed E-state index contributed by atoms with van der Waals surface area (Å²) in [4.78, 5) is 53.8. The maximum atomic E-state index is 14.4. The van der Waals surface area contributed by atoms with Gasteiger partial charge in [-0.15, -0.1) is 0 Å². The van der Waals surface area contributed by atoms with Crippen molar-refractivity contribution in [3.05, 3.63) is 47.9 Å². The molecule has 0 aromatic carbocycles. The molecule has 1 unspecified atom stereocenters. The standard InChI is InChI=1S/C26H20F9N7O7/c27-24(28,29)14-3-1-2-13(38-14)18-39-20(37-12-4-6-36-15(8-12)25(30,31)32)41-21(40-18)42-7-5-23(11-42,26(33,34)35)49-17(45)10-22(48,19(46)47)9-16(43)44/h1-4,6,8,48H,5,7,9-11H2,(H,43,44)(H,46,47)(H,36,37,39,40,41)/t22?,23-/m0/s1. The first-order chi connectivity index (χ1) is 22.5. The molecule has 2 atom stereocenters. The van der Waals surface area contributed by atoms with Gasteiger partial charge < -0.3 is 30.3 Å². The third-order valence-electron chi connectivity index (χ3n) is 6.82. The zero-order valence-corrected chi connectivity index (χ0v) is 24.1. The summed E-state index contributed by atoms with van der Waals surface area (Å²) in [6, 6.07) is 4.03. The Kier molecular flexibility index (Phi) is 9.63. The van der Waals surface area contributed by atoms with Gasteiger partial charge in [0.1, 0.15) is 17.1 Å². The number of alkyl halides is 9. The largest absolute Gasteiger partial charge is 0.481 e. The minimum atomic E-state index is -5.39. The normalized spacial score (nSPS) is 18.1. The van der Waals surface area contributed by atoms with E-state index in [2.05, 4.69) is 35.0 Å². The molecule has 0 radical (unpaired) electrons. The van der Waals surface area contributed by atoms with Gasteiger partial charge in [-0.3, -0.25) is 14.6 Å². The van der Waals surface area contributed by atoms with Crippen LogP contribution in [-0.2, 0) is 31.5 Å². The molecule has 0 amide bonds. The number of pyridine rings is 2. The summed E-state index contributed by atoms with van der Waals surface area (Å²) in [5.41, 5.74) is -10.5. The molecule has 3 aromatic heterocycles. The molecule has 1 aliphatic heterocycles. The zero-order chi connectivity index (χ0) is 36.6. The summed E-state index contributed by atoms with van der Waals surface area (Å²) in [7, 11) is 0. The molecule has 264 valence electrons. The number of hydrogen-bond donors (Lipinski definition) is 4. The Balaban J connectivity index is 1.73. The van der Waals surface area contributed by atoms with E-state index in [1.807, 2.05) is 0 Å². The second kappa shape index (κ2) is 12.9. The number of nitrogens with one attached hydrogen (secondary N) is 1. The Morgan fingerprint density at radius 3 is 2.16 bits per heavy atom. The van der Waals surface area contributed by atoms with Crippen LogP contribution in [0, 0.1) is 0 Å². The van der Waals surface area contributed by atoms with Crippen LogP contribution >= 0.6 is 0 Å². The van der Waals surface area contributed by atoms with Crippen molar-refractivity contribution in [2.45, 2.75) is 49.0 Å². The number of halogens is 9. The zero-order valence-electron chi connectivity index (χ0n) is 24.1. The fourth-order valence-electron chi connectivity index (χ4n) is 4.47. The fraction of sp³-hybridized carbons (Fsp3) is 0.385. The molecule has 1 fully saturated rings. The number of nitrogens with zero attached hydrogens (tertiary/aromatic N) is 6. The highest BCUT2D eigenvalue weighted by atomic mass is 19.4. The average molecular weight is 713 g/mol. The minimum Gasteiger partial charge on any atom is -0.481 e. The number of carbonyl (C=O) groups excluding carboxylic acids is 1. The lowest BCUT2D eigenvalue weighted by atomic mass is 9.95. The van der Waals surface area contributed by atoms with Crippen molar-refractivity contribution in [1.82, 2.24) is 24.9 Å². The van der Waals surface area contributed by atoms with Gasteiger partial charge in [0.15, 0.2) is 11.4 Å². The molecule has 14 nitrogen and oxygen atoms in total. The molecular weight excluding hydrogens is 693 g/mol. The van der Waals surface area contributed by atoms with Gasteiger partial charge in [0.05, 0.1) is 19.4 Å². The van der Waals surface area contributed by atoms with Crippen LogP contribution in [0.25, 0.3) is 11.5 Å². The fourth-order valence-corrected chi connectivity index (χ4v) is 4.47. The lowest BCUT2D eigenvalue weighted by Crippen LogP contribution is -2.52. The Bertz CT molecular complexity index is 1760. The third kappa shape index (κ3) is 8.39. The first-order valence-corrected chi connectivity index (χ1v) is 13.3. The maximum absolute atomic E-state index is 14.4. The van der Waals surface area contributed by atoms with Crippen LogP contribution in [0.15, 0.2) is 36.5 Å². The van der Waals surface area contributed by atoms with Crippen LogP contribution in [0.1, 0.15) is 30.7 Å². The van der Waals surface area contributed by atoms with Gasteiger partial charge in [0, 0.05) is 24.8 Å². The monoisotopic (exact) mass is 713 g/mol. The van der Waals surface area contributed by atoms with Crippen LogP contribution in [0.5, 0.6) is 0 Å². The molecule has 1 aliphatic rings. The predicted molar refractivity (Wildman–Crippen MR) is 142 cm³/mol. The average Bonchev–Trinajstić information content (AvgIpc) is 3.41. The third-order valence-corrected chi connectivity index (χ3v) is 6.82. The van der Waals surface area contributed by atoms with E-state index in [9.17, 15) is 59.0 Å². The van der Waals surface area contributed by atoms with Crippen molar-refractivity contribution in [2.24, 2.45) is 0 Å². The molecule has 3 aromatic rings. The van der Waals surface area contributed by atoms with Crippen LogP contribution in [0.2, 0.25) is 0 Å². The smallest absolute Gasteiger partial charge is 0.433 e. The van der Waals surface area contributed by atoms with Crippen molar-refractivity contribution in [1.29, 1.82) is 0 Å². The number of aromatic nitrogens is 5. The lowest BCUT2D eigenvalue weighted by Gasteiger charge is -2.32. The van der Waals surface area contributed by atoms with E-state index in [1.54, 1.807) is 0 Å². The highest BCUT2D eigenvalue weighted by Crippen LogP contribution is 2.43. The number of carboxylic acids is 2. The Morgan fingerprint density at radius 2 is 1.57 bits per heavy atom. The molecule has 23 heteroatoms. The number of carbonyl (C=O) groups is 3. The number of aliphatic carboxylic acids is 2. The van der Waals surface area contributed by atoms with Gasteiger partial charge in [-0.25, -0.2) is 9.78 Å². The molecule has 4 heterocycles. The van der Waals surface area contributed by atoms with Crippen LogP contribution < -0.4 is 10.2 Å². The molecule has 0 spiro atoms. The van der Waals surface area contributed by atoms with E-state index in [-0.39, 0.29) is 5.69 Å². The number of carboxylic acid groups (broad SMARTS) is 2. The SMILES string of the molecule is O=C(O)CC(O)(CC(=O)O[C@@]1(C(F)(F)F)CCN(c2nc(Nc3ccnc(C(F)(F)F)c3)nc(-c3cccc(C(F)(F)F)n3)n2)C1)C(=O)O. The number of esters is 1. The van der Waals surface area contributed by atoms with E-state index < -0.39 is 115 Å². The maximum Gasteiger partial charge on any atom is 0.433 e. The molecule has 4 N–H and O–H groups in total. The molecular formula is C26H20F9N7O7. The van der Waals surface area contributed by atoms with Crippen LogP contribution in [0.3, 0.4) is 0 Å². The topological polar surface area (TPSA) is 201 Å². The molecule has 49 heavy (non-hydrogen) atoms. The number of aliphatic hydroxyl groups is 1. The Morgan fingerprint density at radius 1 is 0.898 bits per heavy atom. The van der Waals surface area contributed by atoms with Crippen LogP contribution in [-0.4, -0.2) is 88.6 Å². The van der Waals surface area contributed by atoms with Gasteiger partial charge in [-0.1, -0.05) is 6.07 Å². The quantitative estimate of drug-likeness (QED) is 0.174. The molecule has 1 saturated heterocycles. The number of anilines is 3. The summed E-state index contributed by atoms with van der Waals surface area (Å²) in [6.07, 6.45) is -18.9. The highest BCUT2D eigenvalue weighted by Gasteiger charge is 2.62. The van der Waals surface area contributed by atoms with Gasteiger partial charge in [0.25, 0.3) is 0 Å². The van der Waals surface area contributed by atoms with E-state index in [0.717, 1.165) is 29.3 Å². The van der Waals surface area contributed by atoms with Crippen LogP contribution in [0.4, 0.5) is 57.1 Å². The van der Waals surface area contributed by atoms with Crippen molar-refractivity contribution in [3.8, 4) is 11.5 Å². The first-order valence-electron chi connectivity index (χ1n) is 13.3. The molecule has 0 aliphatic carbocycles. The molecule has 0 saturated carbocycles. The highest BCUT2D eigenvalue weighted by molar-refractivity contribution is 5.88. The van der Waals surface area contributed by atoms with Crippen molar-refractivity contribution in [2.75, 3.05) is 23.3 Å². The summed E-state index contributed by atoms with van der Waals surface area (Å²) in [5, 5.41) is 30.5. The minimum absolute atomic E-state index is 0.352.